The summed E-state index contributed by atoms with van der Waals surface area (Å²) < 4.78 is 0. The van der Waals surface area contributed by atoms with Crippen LogP contribution in [-0.4, -0.2) is 53.8 Å². The summed E-state index contributed by atoms with van der Waals surface area (Å²) >= 11 is 0. The second-order valence-electron chi connectivity index (χ2n) is 9.40. The summed E-state index contributed by atoms with van der Waals surface area (Å²) in [6.07, 6.45) is 7.84. The Morgan fingerprint density at radius 3 is 2.37 bits per heavy atom. The Labute approximate surface area is 178 Å². The Bertz CT molecular complexity index is 805. The van der Waals surface area contributed by atoms with Crippen LogP contribution in [0.1, 0.15) is 72.1 Å². The van der Waals surface area contributed by atoms with Gasteiger partial charge in [0.25, 0.3) is 5.91 Å². The molecule has 1 atom stereocenters. The second-order valence-corrected chi connectivity index (χ2v) is 9.40. The Hall–Kier alpha value is -2.21. The van der Waals surface area contributed by atoms with Crippen molar-refractivity contribution >= 4 is 17.7 Å². The average Bonchev–Trinajstić information content (AvgIpc) is 2.79. The lowest BCUT2D eigenvalue weighted by atomic mass is 9.65. The first-order valence-electron chi connectivity index (χ1n) is 11.3. The number of likely N-dealkylation sites (tertiary alicyclic amines) is 1. The Kier molecular flexibility index (Phi) is 6.23. The smallest absolute Gasteiger partial charge is 0.308 e. The van der Waals surface area contributed by atoms with E-state index in [1.165, 1.54) is 12.8 Å². The van der Waals surface area contributed by atoms with Gasteiger partial charge in [0.15, 0.2) is 5.78 Å². The monoisotopic (exact) mass is 412 g/mol. The molecule has 1 saturated carbocycles. The van der Waals surface area contributed by atoms with Crippen molar-refractivity contribution in [3.8, 4) is 0 Å². The number of rotatable bonds is 4. The molecule has 30 heavy (non-hydrogen) atoms. The highest BCUT2D eigenvalue weighted by Gasteiger charge is 2.38. The van der Waals surface area contributed by atoms with Crippen LogP contribution in [0.15, 0.2) is 24.3 Å². The van der Waals surface area contributed by atoms with E-state index in [4.69, 9.17) is 0 Å². The van der Waals surface area contributed by atoms with Gasteiger partial charge in [-0.05, 0) is 82.0 Å². The average molecular weight is 413 g/mol. The van der Waals surface area contributed by atoms with Crippen LogP contribution in [0.2, 0.25) is 0 Å². The van der Waals surface area contributed by atoms with Gasteiger partial charge < -0.3 is 15.3 Å². The van der Waals surface area contributed by atoms with Crippen LogP contribution >= 0.6 is 0 Å². The van der Waals surface area contributed by atoms with Gasteiger partial charge in [-0.15, -0.1) is 0 Å². The molecule has 2 heterocycles. The van der Waals surface area contributed by atoms with Gasteiger partial charge >= 0.3 is 5.97 Å². The molecule has 0 radical (unpaired) electrons. The summed E-state index contributed by atoms with van der Waals surface area (Å²) in [5.74, 6) is -1.33. The number of amides is 1. The molecular weight excluding hydrogens is 380 g/mol. The third-order valence-corrected chi connectivity index (χ3v) is 7.53. The predicted octanol–water partition coefficient (Wildman–Crippen LogP) is 3.37. The number of ketones is 1. The predicted molar refractivity (Wildman–Crippen MR) is 114 cm³/mol. The van der Waals surface area contributed by atoms with Crippen molar-refractivity contribution in [2.75, 3.05) is 26.2 Å². The third-order valence-electron chi connectivity index (χ3n) is 7.53. The van der Waals surface area contributed by atoms with Gasteiger partial charge in [-0.2, -0.15) is 0 Å². The van der Waals surface area contributed by atoms with Gasteiger partial charge in [0, 0.05) is 30.1 Å². The van der Waals surface area contributed by atoms with Crippen molar-refractivity contribution in [1.29, 1.82) is 0 Å². The maximum absolute atomic E-state index is 13.1. The van der Waals surface area contributed by atoms with E-state index in [9.17, 15) is 19.5 Å². The first-order valence-corrected chi connectivity index (χ1v) is 11.3. The minimum Gasteiger partial charge on any atom is -0.481 e. The fourth-order valence-corrected chi connectivity index (χ4v) is 5.54. The Morgan fingerprint density at radius 1 is 0.967 bits per heavy atom. The van der Waals surface area contributed by atoms with Crippen molar-refractivity contribution in [2.45, 2.75) is 51.4 Å². The fourth-order valence-electron chi connectivity index (χ4n) is 5.54. The van der Waals surface area contributed by atoms with E-state index in [0.29, 0.717) is 35.9 Å². The highest BCUT2D eigenvalue weighted by Crippen LogP contribution is 2.45. The molecule has 1 aromatic rings. The number of nitrogens with zero attached hydrogens (tertiary/aromatic N) is 1. The topological polar surface area (TPSA) is 86.7 Å². The molecule has 1 spiro atoms. The molecule has 6 heteroatoms. The van der Waals surface area contributed by atoms with E-state index < -0.39 is 11.9 Å². The summed E-state index contributed by atoms with van der Waals surface area (Å²) in [6, 6.07) is 7.03. The van der Waals surface area contributed by atoms with E-state index in [-0.39, 0.29) is 24.2 Å². The number of aliphatic carboxylic acids is 1. The molecule has 2 N–H and O–H groups in total. The number of carboxylic acid groups (broad SMARTS) is 1. The largest absolute Gasteiger partial charge is 0.481 e. The lowest BCUT2D eigenvalue weighted by Crippen LogP contribution is -2.42. The molecule has 1 aromatic carbocycles. The highest BCUT2D eigenvalue weighted by atomic mass is 16.4. The zero-order valence-corrected chi connectivity index (χ0v) is 17.6. The molecule has 6 nitrogen and oxygen atoms in total. The van der Waals surface area contributed by atoms with Crippen LogP contribution in [0.3, 0.4) is 0 Å². The third kappa shape index (κ3) is 4.43. The van der Waals surface area contributed by atoms with Crippen LogP contribution < -0.4 is 5.32 Å². The van der Waals surface area contributed by atoms with Crippen molar-refractivity contribution in [3.05, 3.63) is 35.4 Å². The molecule has 0 bridgehead atoms. The van der Waals surface area contributed by atoms with E-state index in [2.05, 4.69) is 5.32 Å². The van der Waals surface area contributed by atoms with Gasteiger partial charge in [0.05, 0.1) is 5.92 Å². The van der Waals surface area contributed by atoms with Crippen molar-refractivity contribution < 1.29 is 19.5 Å². The Balaban J connectivity index is 1.41. The summed E-state index contributed by atoms with van der Waals surface area (Å²) in [7, 11) is 0. The number of nitrogens with one attached hydrogen (secondary N) is 1. The molecule has 162 valence electrons. The van der Waals surface area contributed by atoms with Crippen LogP contribution in [0.4, 0.5) is 0 Å². The van der Waals surface area contributed by atoms with E-state index >= 15 is 0 Å². The number of hydrogen-bond donors (Lipinski definition) is 2. The lowest BCUT2D eigenvalue weighted by Gasteiger charge is -2.42. The highest BCUT2D eigenvalue weighted by molar-refractivity contribution is 6.01. The summed E-state index contributed by atoms with van der Waals surface area (Å²) in [4.78, 5) is 39.0. The van der Waals surface area contributed by atoms with Gasteiger partial charge in [0.1, 0.15) is 0 Å². The molecule has 1 amide bonds. The number of carbonyl (C=O) groups excluding carboxylic acids is 2. The molecule has 2 saturated heterocycles. The Morgan fingerprint density at radius 2 is 1.67 bits per heavy atom. The summed E-state index contributed by atoms with van der Waals surface area (Å²) in [6.45, 7) is 2.98. The molecule has 3 aliphatic rings. The zero-order chi connectivity index (χ0) is 21.1. The van der Waals surface area contributed by atoms with Crippen molar-refractivity contribution in [2.24, 2.45) is 17.3 Å². The quantitative estimate of drug-likeness (QED) is 0.741. The summed E-state index contributed by atoms with van der Waals surface area (Å²) in [5, 5.41) is 12.7. The molecule has 1 unspecified atom stereocenters. The molecule has 0 aromatic heterocycles. The maximum atomic E-state index is 13.1. The standard InChI is InChI=1S/C24H32N2O4/c27-21(17-6-8-24(9-7-17)10-12-25-13-11-24)18-3-1-4-19(15-18)22(28)26-14-2-5-20(16-26)23(29)30/h1,3-4,15,17,20,25H,2,5-14,16H2,(H,29,30). The van der Waals surface area contributed by atoms with Gasteiger partial charge in [-0.1, -0.05) is 12.1 Å². The minimum absolute atomic E-state index is 0.0437. The first-order chi connectivity index (χ1) is 14.5. The van der Waals surface area contributed by atoms with E-state index in [1.807, 2.05) is 6.07 Å². The number of benzene rings is 1. The number of piperidine rings is 2. The second kappa shape index (κ2) is 8.88. The minimum atomic E-state index is -0.847. The molecule has 3 fully saturated rings. The summed E-state index contributed by atoms with van der Waals surface area (Å²) in [5.41, 5.74) is 1.52. The van der Waals surface area contributed by atoms with Crippen LogP contribution in [-0.2, 0) is 4.79 Å². The number of Topliss-reactive ketones (excluding diaryl/α,β-unsaturated/α-hetero) is 1. The molecule has 2 aliphatic heterocycles. The van der Waals surface area contributed by atoms with Crippen molar-refractivity contribution in [3.63, 3.8) is 0 Å². The normalized spacial score (nSPS) is 24.5. The molecular formula is C24H32N2O4. The van der Waals surface area contributed by atoms with Gasteiger partial charge in [-0.25, -0.2) is 0 Å². The lowest BCUT2D eigenvalue weighted by molar-refractivity contribution is -0.143. The molecule has 4 rings (SSSR count). The molecule has 1 aliphatic carbocycles. The van der Waals surface area contributed by atoms with E-state index in [0.717, 1.165) is 38.8 Å². The first kappa shape index (κ1) is 21.0. The number of carboxylic acids is 1. The maximum Gasteiger partial charge on any atom is 0.308 e. The van der Waals surface area contributed by atoms with E-state index in [1.54, 1.807) is 23.1 Å². The fraction of sp³-hybridized carbons (Fsp3) is 0.625. The zero-order valence-electron chi connectivity index (χ0n) is 17.6. The SMILES string of the molecule is O=C(O)C1CCCN(C(=O)c2cccc(C(=O)C3CCC4(CCNCC4)CC3)c2)C1. The van der Waals surface area contributed by atoms with Gasteiger partial charge in [-0.3, -0.25) is 14.4 Å². The van der Waals surface area contributed by atoms with Crippen LogP contribution in [0.25, 0.3) is 0 Å². The number of carbonyl (C=O) groups is 3. The van der Waals surface area contributed by atoms with Gasteiger partial charge in [0.2, 0.25) is 0 Å². The number of hydrogen-bond acceptors (Lipinski definition) is 4. The van der Waals surface area contributed by atoms with Crippen molar-refractivity contribution in [1.82, 2.24) is 10.2 Å². The van der Waals surface area contributed by atoms with Crippen LogP contribution in [0, 0.1) is 17.3 Å². The van der Waals surface area contributed by atoms with Crippen LogP contribution in [0.5, 0.6) is 0 Å².